The minimum atomic E-state index is -1.09. The average Bonchev–Trinajstić information content (AvgIpc) is 2.95. The monoisotopic (exact) mass is 473 g/mol. The van der Waals surface area contributed by atoms with Gasteiger partial charge in [-0.05, 0) is 44.0 Å². The van der Waals surface area contributed by atoms with Gasteiger partial charge in [-0.2, -0.15) is 0 Å². The van der Waals surface area contributed by atoms with Crippen molar-refractivity contribution < 1.29 is 33.5 Å². The minimum Gasteiger partial charge on any atom is -0.497 e. The smallest absolute Gasteiger partial charge is 0.358 e. The maximum absolute atomic E-state index is 13.4. The average molecular weight is 473 g/mol. The first-order valence-electron chi connectivity index (χ1n) is 10.9. The second-order valence-corrected chi connectivity index (χ2v) is 8.03. The third-order valence-corrected chi connectivity index (χ3v) is 5.56. The molecule has 1 aromatic rings. The minimum absolute atomic E-state index is 0.0548. The number of hydrogen-bond acceptors (Lipinski definition) is 7. The van der Waals surface area contributed by atoms with Crippen LogP contribution in [0.5, 0.6) is 5.75 Å². The number of carbonyl (C=O) groups excluding carboxylic acids is 6. The van der Waals surface area contributed by atoms with Crippen LogP contribution in [0.4, 0.5) is 4.79 Å². The maximum atomic E-state index is 13.4. The Morgan fingerprint density at radius 1 is 1.18 bits per heavy atom. The Kier molecular flexibility index (Phi) is 7.82. The van der Waals surface area contributed by atoms with Crippen LogP contribution in [0.25, 0.3) is 0 Å². The van der Waals surface area contributed by atoms with Crippen molar-refractivity contribution in [2.45, 2.75) is 44.7 Å². The number of Topliss-reactive ketones (excluding diaryl/α,β-unsaturated/α-hetero) is 1. The molecule has 12 nitrogen and oxygen atoms in total. The number of amides is 5. The second-order valence-electron chi connectivity index (χ2n) is 8.03. The van der Waals surface area contributed by atoms with E-state index in [1.807, 2.05) is 0 Å². The number of carbonyl (C=O) groups is 6. The van der Waals surface area contributed by atoms with E-state index in [1.165, 1.54) is 31.2 Å². The van der Waals surface area contributed by atoms with Gasteiger partial charge < -0.3 is 14.8 Å². The Balaban J connectivity index is 1.79. The summed E-state index contributed by atoms with van der Waals surface area (Å²) in [6.07, 6.45) is 0.928. The molecule has 0 bridgehead atoms. The van der Waals surface area contributed by atoms with Crippen LogP contribution in [-0.2, 0) is 19.2 Å². The highest BCUT2D eigenvalue weighted by Gasteiger charge is 2.44. The molecule has 2 fully saturated rings. The van der Waals surface area contributed by atoms with Gasteiger partial charge in [-0.1, -0.05) is 0 Å². The van der Waals surface area contributed by atoms with E-state index in [2.05, 4.69) is 10.7 Å². The summed E-state index contributed by atoms with van der Waals surface area (Å²) in [5.74, 6) is -1.33. The third-order valence-electron chi connectivity index (χ3n) is 5.56. The van der Waals surface area contributed by atoms with Gasteiger partial charge in [0.05, 0.1) is 19.7 Å². The lowest BCUT2D eigenvalue weighted by Gasteiger charge is -2.43. The summed E-state index contributed by atoms with van der Waals surface area (Å²) in [5.41, 5.74) is 2.77. The molecule has 2 heterocycles. The molecule has 1 aromatic carbocycles. The summed E-state index contributed by atoms with van der Waals surface area (Å²) in [6, 6.07) is 3.38. The van der Waals surface area contributed by atoms with Gasteiger partial charge in [0.1, 0.15) is 23.9 Å². The fourth-order valence-corrected chi connectivity index (χ4v) is 3.87. The molecule has 0 aliphatic carbocycles. The SMILES string of the molecule is COc1ccc(C(=O)NN2CCC(=O)N3CCC[C@@H](C(=O)N[C@H](C=O)CC(C)=O)N3C2=O)cc1. The fourth-order valence-electron chi connectivity index (χ4n) is 3.87. The largest absolute Gasteiger partial charge is 0.497 e. The summed E-state index contributed by atoms with van der Waals surface area (Å²) >= 11 is 0. The van der Waals surface area contributed by atoms with E-state index < -0.39 is 29.9 Å². The lowest BCUT2D eigenvalue weighted by molar-refractivity contribution is -0.155. The third kappa shape index (κ3) is 5.50. The first kappa shape index (κ1) is 24.7. The van der Waals surface area contributed by atoms with Crippen LogP contribution in [-0.4, -0.2) is 83.1 Å². The summed E-state index contributed by atoms with van der Waals surface area (Å²) < 4.78 is 5.07. The zero-order valence-electron chi connectivity index (χ0n) is 19.0. The topological polar surface area (TPSA) is 145 Å². The maximum Gasteiger partial charge on any atom is 0.358 e. The van der Waals surface area contributed by atoms with Crippen LogP contribution in [0.15, 0.2) is 24.3 Å². The number of urea groups is 1. The number of rotatable bonds is 8. The number of fused-ring (bicyclic) bond motifs is 1. The van der Waals surface area contributed by atoms with E-state index in [-0.39, 0.29) is 49.6 Å². The van der Waals surface area contributed by atoms with Crippen molar-refractivity contribution in [1.82, 2.24) is 25.8 Å². The van der Waals surface area contributed by atoms with Crippen LogP contribution in [0, 0.1) is 0 Å². The number of ether oxygens (including phenoxy) is 1. The van der Waals surface area contributed by atoms with Crippen LogP contribution in [0.1, 0.15) is 43.0 Å². The molecule has 2 saturated heterocycles. The van der Waals surface area contributed by atoms with Gasteiger partial charge in [-0.25, -0.2) is 19.8 Å². The van der Waals surface area contributed by atoms with Gasteiger partial charge in [0.25, 0.3) is 5.91 Å². The van der Waals surface area contributed by atoms with E-state index >= 15 is 0 Å². The van der Waals surface area contributed by atoms with E-state index in [4.69, 9.17) is 4.74 Å². The van der Waals surface area contributed by atoms with E-state index in [0.717, 1.165) is 10.0 Å². The Hall–Kier alpha value is -3.96. The normalized spacial score (nSPS) is 19.0. The molecule has 3 rings (SSSR count). The summed E-state index contributed by atoms with van der Waals surface area (Å²) in [6.45, 7) is 1.45. The molecule has 0 radical (unpaired) electrons. The van der Waals surface area contributed by atoms with Crippen molar-refractivity contribution in [1.29, 1.82) is 0 Å². The summed E-state index contributed by atoms with van der Waals surface area (Å²) in [4.78, 5) is 74.4. The number of nitrogens with zero attached hydrogens (tertiary/aromatic N) is 3. The van der Waals surface area contributed by atoms with Crippen molar-refractivity contribution in [2.75, 3.05) is 20.2 Å². The molecule has 5 amide bonds. The molecule has 0 saturated carbocycles. The predicted octanol–water partition coefficient (Wildman–Crippen LogP) is 0.0365. The number of hydrazine groups is 2. The molecule has 182 valence electrons. The number of aldehydes is 1. The molecule has 2 aliphatic heterocycles. The second kappa shape index (κ2) is 10.8. The first-order chi connectivity index (χ1) is 16.2. The Bertz CT molecular complexity index is 980. The van der Waals surface area contributed by atoms with Gasteiger partial charge in [-0.3, -0.25) is 24.6 Å². The lowest BCUT2D eigenvalue weighted by Crippen LogP contribution is -2.64. The summed E-state index contributed by atoms with van der Waals surface area (Å²) in [5, 5.41) is 5.71. The van der Waals surface area contributed by atoms with Crippen LogP contribution >= 0.6 is 0 Å². The Morgan fingerprint density at radius 3 is 2.50 bits per heavy atom. The van der Waals surface area contributed by atoms with E-state index in [0.29, 0.717) is 18.5 Å². The molecular formula is C22H27N5O7. The highest BCUT2D eigenvalue weighted by atomic mass is 16.5. The Morgan fingerprint density at radius 2 is 1.88 bits per heavy atom. The highest BCUT2D eigenvalue weighted by molar-refractivity contribution is 5.97. The van der Waals surface area contributed by atoms with Gasteiger partial charge in [0.2, 0.25) is 11.8 Å². The first-order valence-corrected chi connectivity index (χ1v) is 10.9. The van der Waals surface area contributed by atoms with Crippen molar-refractivity contribution in [3.8, 4) is 5.75 Å². The number of methoxy groups -OCH3 is 1. The van der Waals surface area contributed by atoms with Crippen molar-refractivity contribution in [3.05, 3.63) is 29.8 Å². The zero-order valence-corrected chi connectivity index (χ0v) is 19.0. The number of nitrogens with one attached hydrogen (secondary N) is 2. The summed E-state index contributed by atoms with van der Waals surface area (Å²) in [7, 11) is 1.50. The highest BCUT2D eigenvalue weighted by Crippen LogP contribution is 2.24. The molecule has 2 atom stereocenters. The molecule has 2 N–H and O–H groups in total. The van der Waals surface area contributed by atoms with Gasteiger partial charge in [0.15, 0.2) is 0 Å². The van der Waals surface area contributed by atoms with E-state index in [9.17, 15) is 28.8 Å². The molecule has 34 heavy (non-hydrogen) atoms. The molecule has 2 aliphatic rings. The van der Waals surface area contributed by atoms with Crippen LogP contribution < -0.4 is 15.5 Å². The zero-order chi connectivity index (χ0) is 24.8. The molecule has 0 spiro atoms. The molecule has 12 heteroatoms. The predicted molar refractivity (Wildman–Crippen MR) is 117 cm³/mol. The van der Waals surface area contributed by atoms with E-state index in [1.54, 1.807) is 12.1 Å². The molecule has 0 unspecified atom stereocenters. The molecule has 0 aromatic heterocycles. The van der Waals surface area contributed by atoms with Gasteiger partial charge in [-0.15, -0.1) is 0 Å². The van der Waals surface area contributed by atoms with Crippen LogP contribution in [0.2, 0.25) is 0 Å². The number of hydrogen-bond donors (Lipinski definition) is 2. The van der Waals surface area contributed by atoms with Gasteiger partial charge >= 0.3 is 6.03 Å². The number of benzene rings is 1. The van der Waals surface area contributed by atoms with Crippen molar-refractivity contribution in [2.24, 2.45) is 0 Å². The van der Waals surface area contributed by atoms with Crippen molar-refractivity contribution >= 4 is 35.8 Å². The molecular weight excluding hydrogens is 446 g/mol. The quantitative estimate of drug-likeness (QED) is 0.507. The van der Waals surface area contributed by atoms with Gasteiger partial charge in [0, 0.05) is 24.9 Å². The van der Waals surface area contributed by atoms with Crippen LogP contribution in [0.3, 0.4) is 0 Å². The number of ketones is 1. The standard InChI is InChI=1S/C22H27N5O7/c1-14(29)12-16(13-28)23-21(32)18-4-3-10-26-19(30)9-11-25(22(33)27(18)26)24-20(31)15-5-7-17(34-2)8-6-15/h5-8,13,16,18H,3-4,9-12H2,1-2H3,(H,23,32)(H,24,31)/t16-,18-/m0/s1. The van der Waals surface area contributed by atoms with Crippen molar-refractivity contribution in [3.63, 3.8) is 0 Å². The fraction of sp³-hybridized carbons (Fsp3) is 0.455. The lowest BCUT2D eigenvalue weighted by atomic mass is 10.1. The Labute approximate surface area is 196 Å².